The van der Waals surface area contributed by atoms with Crippen LogP contribution in [0.4, 0.5) is 4.39 Å². The van der Waals surface area contributed by atoms with Crippen LogP contribution < -0.4 is 5.32 Å². The van der Waals surface area contributed by atoms with E-state index < -0.39 is 0 Å². The van der Waals surface area contributed by atoms with Crippen LogP contribution in [0, 0.1) is 30.5 Å². The van der Waals surface area contributed by atoms with Crippen molar-refractivity contribution in [2.24, 2.45) is 17.8 Å². The monoisotopic (exact) mass is 261 g/mol. The summed E-state index contributed by atoms with van der Waals surface area (Å²) >= 11 is 0. The highest BCUT2D eigenvalue weighted by molar-refractivity contribution is 5.27. The van der Waals surface area contributed by atoms with Crippen molar-refractivity contribution in [2.75, 3.05) is 6.54 Å². The Morgan fingerprint density at radius 2 is 2.11 bits per heavy atom. The van der Waals surface area contributed by atoms with Crippen molar-refractivity contribution in [1.82, 2.24) is 5.32 Å². The smallest absolute Gasteiger partial charge is 0.123 e. The molecule has 0 aromatic heterocycles. The van der Waals surface area contributed by atoms with Crippen LogP contribution in [-0.4, -0.2) is 6.54 Å². The molecule has 2 aliphatic carbocycles. The molecule has 104 valence electrons. The van der Waals surface area contributed by atoms with E-state index in [4.69, 9.17) is 0 Å². The highest BCUT2D eigenvalue weighted by atomic mass is 19.1. The van der Waals surface area contributed by atoms with Crippen LogP contribution >= 0.6 is 0 Å². The quantitative estimate of drug-likeness (QED) is 0.855. The molecule has 0 saturated heterocycles. The Labute approximate surface area is 115 Å². The molecule has 2 bridgehead atoms. The van der Waals surface area contributed by atoms with Gasteiger partial charge in [-0.1, -0.05) is 19.4 Å². The SMILES string of the molecule is CCNC(c1cc(C)cc(F)c1)C1CC2CCC1C2. The van der Waals surface area contributed by atoms with Gasteiger partial charge >= 0.3 is 0 Å². The maximum absolute atomic E-state index is 13.7. The van der Waals surface area contributed by atoms with Gasteiger partial charge in [-0.3, -0.25) is 0 Å². The standard InChI is InChI=1S/C17H24FN/c1-3-19-17(14-6-11(2)7-15(18)10-14)16-9-12-4-5-13(16)8-12/h6-7,10,12-13,16-17,19H,3-5,8-9H2,1-2H3. The Morgan fingerprint density at radius 1 is 1.26 bits per heavy atom. The van der Waals surface area contributed by atoms with E-state index in [-0.39, 0.29) is 5.82 Å². The second kappa shape index (κ2) is 5.24. The van der Waals surface area contributed by atoms with Crippen molar-refractivity contribution >= 4 is 0 Å². The highest BCUT2D eigenvalue weighted by Gasteiger charge is 2.43. The van der Waals surface area contributed by atoms with Gasteiger partial charge in [-0.05, 0) is 73.7 Å². The van der Waals surface area contributed by atoms with Gasteiger partial charge in [0.25, 0.3) is 0 Å². The average Bonchev–Trinajstić information content (AvgIpc) is 2.96. The van der Waals surface area contributed by atoms with E-state index in [0.29, 0.717) is 12.0 Å². The largest absolute Gasteiger partial charge is 0.310 e. The molecule has 1 nitrogen and oxygen atoms in total. The number of rotatable bonds is 4. The average molecular weight is 261 g/mol. The van der Waals surface area contributed by atoms with Crippen molar-refractivity contribution < 1.29 is 4.39 Å². The number of nitrogens with one attached hydrogen (secondary N) is 1. The molecule has 0 heterocycles. The molecule has 0 radical (unpaired) electrons. The van der Waals surface area contributed by atoms with Crippen molar-refractivity contribution in [1.29, 1.82) is 0 Å². The summed E-state index contributed by atoms with van der Waals surface area (Å²) in [5.74, 6) is 2.41. The summed E-state index contributed by atoms with van der Waals surface area (Å²) in [5, 5.41) is 3.61. The van der Waals surface area contributed by atoms with Crippen LogP contribution in [0.5, 0.6) is 0 Å². The molecule has 0 aliphatic heterocycles. The third kappa shape index (κ3) is 2.55. The van der Waals surface area contributed by atoms with Crippen LogP contribution in [0.1, 0.15) is 49.8 Å². The van der Waals surface area contributed by atoms with Gasteiger partial charge in [0.15, 0.2) is 0 Å². The van der Waals surface area contributed by atoms with E-state index >= 15 is 0 Å². The maximum atomic E-state index is 13.7. The van der Waals surface area contributed by atoms with Gasteiger partial charge in [0, 0.05) is 6.04 Å². The Hall–Kier alpha value is -0.890. The van der Waals surface area contributed by atoms with Crippen LogP contribution in [-0.2, 0) is 0 Å². The fourth-order valence-electron chi connectivity index (χ4n) is 4.38. The van der Waals surface area contributed by atoms with Gasteiger partial charge in [-0.25, -0.2) is 4.39 Å². The van der Waals surface area contributed by atoms with E-state index in [1.807, 2.05) is 6.92 Å². The fraction of sp³-hybridized carbons (Fsp3) is 0.647. The summed E-state index contributed by atoms with van der Waals surface area (Å²) in [6.07, 6.45) is 5.53. The Morgan fingerprint density at radius 3 is 2.68 bits per heavy atom. The van der Waals surface area contributed by atoms with E-state index in [0.717, 1.165) is 29.5 Å². The number of halogens is 1. The number of aryl methyl sites for hydroxylation is 1. The molecule has 4 atom stereocenters. The lowest BCUT2D eigenvalue weighted by atomic mass is 9.80. The molecule has 1 aromatic rings. The van der Waals surface area contributed by atoms with Gasteiger partial charge in [-0.15, -0.1) is 0 Å². The lowest BCUT2D eigenvalue weighted by molar-refractivity contribution is 0.252. The molecule has 1 N–H and O–H groups in total. The first kappa shape index (κ1) is 13.1. The summed E-state index contributed by atoms with van der Waals surface area (Å²) in [5.41, 5.74) is 2.18. The first-order valence-electron chi connectivity index (χ1n) is 7.68. The van der Waals surface area contributed by atoms with Crippen molar-refractivity contribution in [3.63, 3.8) is 0 Å². The van der Waals surface area contributed by atoms with Gasteiger partial charge in [-0.2, -0.15) is 0 Å². The highest BCUT2D eigenvalue weighted by Crippen LogP contribution is 2.52. The summed E-state index contributed by atoms with van der Waals surface area (Å²) in [6.45, 7) is 5.08. The molecule has 3 rings (SSSR count). The summed E-state index contributed by atoms with van der Waals surface area (Å²) in [7, 11) is 0. The molecule has 19 heavy (non-hydrogen) atoms. The van der Waals surface area contributed by atoms with Gasteiger partial charge < -0.3 is 5.32 Å². The molecule has 1 aromatic carbocycles. The lowest BCUT2D eigenvalue weighted by Gasteiger charge is -2.31. The Bertz CT molecular complexity index is 436. The molecule has 2 aliphatic rings. The van der Waals surface area contributed by atoms with Crippen LogP contribution in [0.15, 0.2) is 18.2 Å². The Balaban J connectivity index is 1.87. The fourth-order valence-corrected chi connectivity index (χ4v) is 4.38. The zero-order valence-electron chi connectivity index (χ0n) is 12.0. The predicted octanol–water partition coefficient (Wildman–Crippen LogP) is 4.22. The summed E-state index contributed by atoms with van der Waals surface area (Å²) in [4.78, 5) is 0. The van der Waals surface area contributed by atoms with Gasteiger partial charge in [0.05, 0.1) is 0 Å². The van der Waals surface area contributed by atoms with Crippen molar-refractivity contribution in [3.05, 3.63) is 35.1 Å². The van der Waals surface area contributed by atoms with Crippen LogP contribution in [0.2, 0.25) is 0 Å². The maximum Gasteiger partial charge on any atom is 0.123 e. The molecule has 0 spiro atoms. The van der Waals surface area contributed by atoms with E-state index in [9.17, 15) is 4.39 Å². The number of hydrogen-bond acceptors (Lipinski definition) is 1. The van der Waals surface area contributed by atoms with Crippen LogP contribution in [0.3, 0.4) is 0 Å². The number of hydrogen-bond donors (Lipinski definition) is 1. The second-order valence-electron chi connectivity index (χ2n) is 6.44. The second-order valence-corrected chi connectivity index (χ2v) is 6.44. The number of fused-ring (bicyclic) bond motifs is 2. The minimum Gasteiger partial charge on any atom is -0.310 e. The van der Waals surface area contributed by atoms with Gasteiger partial charge in [0.1, 0.15) is 5.82 Å². The molecule has 4 unspecified atom stereocenters. The first-order chi connectivity index (χ1) is 9.17. The molecule has 0 amide bonds. The van der Waals surface area contributed by atoms with Crippen molar-refractivity contribution in [2.45, 2.75) is 45.6 Å². The molecular weight excluding hydrogens is 237 g/mol. The minimum absolute atomic E-state index is 0.0962. The normalized spacial score (nSPS) is 30.8. The van der Waals surface area contributed by atoms with E-state index in [2.05, 4.69) is 18.3 Å². The molecule has 2 saturated carbocycles. The minimum atomic E-state index is -0.0962. The topological polar surface area (TPSA) is 12.0 Å². The lowest BCUT2D eigenvalue weighted by Crippen LogP contribution is -2.31. The van der Waals surface area contributed by atoms with Crippen molar-refractivity contribution in [3.8, 4) is 0 Å². The summed E-state index contributed by atoms with van der Waals surface area (Å²) in [6, 6.07) is 5.84. The molecule has 2 fully saturated rings. The summed E-state index contributed by atoms with van der Waals surface area (Å²) < 4.78 is 13.7. The number of benzene rings is 1. The molecular formula is C17H24FN. The van der Waals surface area contributed by atoms with Crippen LogP contribution in [0.25, 0.3) is 0 Å². The van der Waals surface area contributed by atoms with Gasteiger partial charge in [0.2, 0.25) is 0 Å². The predicted molar refractivity (Wildman–Crippen MR) is 76.5 cm³/mol. The zero-order chi connectivity index (χ0) is 13.4. The van der Waals surface area contributed by atoms with E-state index in [1.54, 1.807) is 12.1 Å². The first-order valence-corrected chi connectivity index (χ1v) is 7.68. The molecule has 2 heteroatoms. The third-order valence-corrected chi connectivity index (χ3v) is 5.07. The van der Waals surface area contributed by atoms with E-state index in [1.165, 1.54) is 25.7 Å². The third-order valence-electron chi connectivity index (χ3n) is 5.07. The zero-order valence-corrected chi connectivity index (χ0v) is 12.0. The Kier molecular flexibility index (Phi) is 3.62.